The van der Waals surface area contributed by atoms with Crippen molar-refractivity contribution in [3.05, 3.63) is 35.7 Å². The molecule has 0 bridgehead atoms. The molecule has 0 saturated carbocycles. The van der Waals surface area contributed by atoms with Gasteiger partial charge in [0.2, 0.25) is 5.89 Å². The van der Waals surface area contributed by atoms with E-state index in [4.69, 9.17) is 4.42 Å². The third-order valence-electron chi connectivity index (χ3n) is 2.78. The molecule has 114 valence electrons. The number of oxazole rings is 1. The maximum Gasteiger partial charge on any atom is 0.573 e. The molecule has 1 unspecified atom stereocenters. The monoisotopic (exact) mass is 301 g/mol. The van der Waals surface area contributed by atoms with Gasteiger partial charge in [-0.1, -0.05) is 6.92 Å². The average Bonchev–Trinajstić information content (AvgIpc) is 2.82. The Morgan fingerprint density at radius 1 is 1.29 bits per heavy atom. The first-order valence-electron chi connectivity index (χ1n) is 6.34. The summed E-state index contributed by atoms with van der Waals surface area (Å²) in [7, 11) is 0. The lowest BCUT2D eigenvalue weighted by molar-refractivity contribution is -0.274. The van der Waals surface area contributed by atoms with Crippen LogP contribution in [0.1, 0.15) is 31.4 Å². The second-order valence-electron chi connectivity index (χ2n) is 4.43. The van der Waals surface area contributed by atoms with Crippen LogP contribution in [0.2, 0.25) is 0 Å². The van der Waals surface area contributed by atoms with E-state index >= 15 is 0 Å². The molecule has 0 aliphatic carbocycles. The second-order valence-corrected chi connectivity index (χ2v) is 4.43. The number of hydrogen-bond acceptors (Lipinski definition) is 4. The van der Waals surface area contributed by atoms with Gasteiger partial charge in [0.15, 0.2) is 0 Å². The highest BCUT2D eigenvalue weighted by atomic mass is 19.4. The number of aliphatic hydroxyl groups excluding tert-OH is 1. The molecule has 2 aromatic rings. The fraction of sp³-hybridized carbons (Fsp3) is 0.357. The number of rotatable bonds is 4. The lowest BCUT2D eigenvalue weighted by atomic mass is 10.2. The molecule has 4 nitrogen and oxygen atoms in total. The highest BCUT2D eigenvalue weighted by molar-refractivity contribution is 5.55. The quantitative estimate of drug-likeness (QED) is 0.931. The maximum absolute atomic E-state index is 12.1. The van der Waals surface area contributed by atoms with Crippen LogP contribution in [-0.4, -0.2) is 16.5 Å². The minimum absolute atomic E-state index is 0.251. The second kappa shape index (κ2) is 5.77. The Hall–Kier alpha value is -2.02. The minimum atomic E-state index is -4.72. The topological polar surface area (TPSA) is 55.5 Å². The lowest BCUT2D eigenvalue weighted by Gasteiger charge is -2.08. The van der Waals surface area contributed by atoms with E-state index in [2.05, 4.69) is 9.72 Å². The summed E-state index contributed by atoms with van der Waals surface area (Å²) in [5.74, 6) is 0.487. The van der Waals surface area contributed by atoms with Crippen LogP contribution in [0.3, 0.4) is 0 Å². The van der Waals surface area contributed by atoms with E-state index in [-0.39, 0.29) is 11.6 Å². The number of aromatic nitrogens is 1. The molecule has 0 spiro atoms. The summed E-state index contributed by atoms with van der Waals surface area (Å²) in [6, 6.07) is 5.19. The molecule has 0 amide bonds. The van der Waals surface area contributed by atoms with Crippen molar-refractivity contribution in [2.24, 2.45) is 0 Å². The van der Waals surface area contributed by atoms with Crippen LogP contribution >= 0.6 is 0 Å². The molecule has 0 aliphatic heterocycles. The predicted octanol–water partition coefficient (Wildman–Crippen LogP) is 3.86. The van der Waals surface area contributed by atoms with Crippen molar-refractivity contribution in [1.82, 2.24) is 4.98 Å². The van der Waals surface area contributed by atoms with E-state index in [0.29, 0.717) is 23.4 Å². The summed E-state index contributed by atoms with van der Waals surface area (Å²) in [6.45, 7) is 3.43. The SMILES string of the molecule is CCc1oc(-c2ccc(OC(F)(F)F)cc2)nc1C(C)O. The number of nitrogens with zero attached hydrogens (tertiary/aromatic N) is 1. The van der Waals surface area contributed by atoms with Crippen molar-refractivity contribution in [3.63, 3.8) is 0 Å². The fourth-order valence-electron chi connectivity index (χ4n) is 1.87. The molecule has 1 aromatic carbocycles. The Kier molecular flexibility index (Phi) is 4.22. The summed E-state index contributed by atoms with van der Waals surface area (Å²) < 4.78 is 45.5. The number of aryl methyl sites for hydroxylation is 1. The molecule has 0 saturated heterocycles. The largest absolute Gasteiger partial charge is 0.573 e. The normalized spacial score (nSPS) is 13.2. The number of aliphatic hydroxyl groups is 1. The van der Waals surface area contributed by atoms with E-state index in [1.807, 2.05) is 6.92 Å². The third-order valence-corrected chi connectivity index (χ3v) is 2.78. The van der Waals surface area contributed by atoms with Gasteiger partial charge in [0.25, 0.3) is 0 Å². The number of hydrogen-bond donors (Lipinski definition) is 1. The highest BCUT2D eigenvalue weighted by Gasteiger charge is 2.31. The van der Waals surface area contributed by atoms with Crippen LogP contribution in [-0.2, 0) is 6.42 Å². The molecule has 21 heavy (non-hydrogen) atoms. The smallest absolute Gasteiger partial charge is 0.441 e. The molecule has 7 heteroatoms. The van der Waals surface area contributed by atoms with Gasteiger partial charge in [-0.15, -0.1) is 13.2 Å². The summed E-state index contributed by atoms with van der Waals surface area (Å²) in [6.07, 6.45) is -4.94. The van der Waals surface area contributed by atoms with Gasteiger partial charge in [-0.2, -0.15) is 0 Å². The van der Waals surface area contributed by atoms with Crippen LogP contribution in [0, 0.1) is 0 Å². The van der Waals surface area contributed by atoms with E-state index < -0.39 is 12.5 Å². The summed E-state index contributed by atoms with van der Waals surface area (Å²) >= 11 is 0. The molecule has 1 N–H and O–H groups in total. The third kappa shape index (κ3) is 3.75. The Balaban J connectivity index is 2.26. The number of benzene rings is 1. The van der Waals surface area contributed by atoms with E-state index in [9.17, 15) is 18.3 Å². The van der Waals surface area contributed by atoms with E-state index in [1.165, 1.54) is 24.3 Å². The Bertz CT molecular complexity index is 603. The number of alkyl halides is 3. The Morgan fingerprint density at radius 2 is 1.90 bits per heavy atom. The first-order chi connectivity index (χ1) is 9.80. The zero-order valence-corrected chi connectivity index (χ0v) is 11.4. The van der Waals surface area contributed by atoms with Gasteiger partial charge in [0.1, 0.15) is 17.2 Å². The van der Waals surface area contributed by atoms with Crippen LogP contribution in [0.15, 0.2) is 28.7 Å². The maximum atomic E-state index is 12.1. The van der Waals surface area contributed by atoms with Crippen molar-refractivity contribution >= 4 is 0 Å². The molecule has 1 heterocycles. The zero-order valence-electron chi connectivity index (χ0n) is 11.4. The first kappa shape index (κ1) is 15.4. The molecule has 1 aromatic heterocycles. The van der Waals surface area contributed by atoms with E-state index in [0.717, 1.165) is 0 Å². The molecule has 0 fully saturated rings. The van der Waals surface area contributed by atoms with Crippen LogP contribution in [0.25, 0.3) is 11.5 Å². The Labute approximate surface area is 119 Å². The Morgan fingerprint density at radius 3 is 2.33 bits per heavy atom. The number of halogens is 3. The van der Waals surface area contributed by atoms with Gasteiger partial charge in [0, 0.05) is 12.0 Å². The van der Waals surface area contributed by atoms with Crippen LogP contribution < -0.4 is 4.74 Å². The van der Waals surface area contributed by atoms with Crippen molar-refractivity contribution in [2.45, 2.75) is 32.7 Å². The number of ether oxygens (including phenoxy) is 1. The molecule has 2 rings (SSSR count). The van der Waals surface area contributed by atoms with Gasteiger partial charge < -0.3 is 14.3 Å². The predicted molar refractivity (Wildman–Crippen MR) is 68.6 cm³/mol. The van der Waals surface area contributed by atoms with Gasteiger partial charge in [-0.05, 0) is 31.2 Å². The van der Waals surface area contributed by atoms with Gasteiger partial charge in [-0.3, -0.25) is 0 Å². The van der Waals surface area contributed by atoms with Crippen molar-refractivity contribution < 1.29 is 27.4 Å². The molecular weight excluding hydrogens is 287 g/mol. The van der Waals surface area contributed by atoms with Gasteiger partial charge in [0.05, 0.1) is 6.10 Å². The van der Waals surface area contributed by atoms with Crippen molar-refractivity contribution in [3.8, 4) is 17.2 Å². The average molecular weight is 301 g/mol. The zero-order chi connectivity index (χ0) is 15.6. The van der Waals surface area contributed by atoms with Crippen molar-refractivity contribution in [1.29, 1.82) is 0 Å². The summed E-state index contributed by atoms with van der Waals surface area (Å²) in [5.41, 5.74) is 0.939. The van der Waals surface area contributed by atoms with Crippen LogP contribution in [0.5, 0.6) is 5.75 Å². The molecule has 0 radical (unpaired) electrons. The highest BCUT2D eigenvalue weighted by Crippen LogP contribution is 2.29. The standard InChI is InChI=1S/C14H14F3NO3/c1-3-11-12(8(2)19)18-13(20-11)9-4-6-10(7-5-9)21-14(15,16)17/h4-8,19H,3H2,1-2H3. The molecular formula is C14H14F3NO3. The van der Waals surface area contributed by atoms with Gasteiger partial charge >= 0.3 is 6.36 Å². The van der Waals surface area contributed by atoms with Crippen molar-refractivity contribution in [2.75, 3.05) is 0 Å². The minimum Gasteiger partial charge on any atom is -0.441 e. The lowest BCUT2D eigenvalue weighted by Crippen LogP contribution is -2.16. The molecule has 1 atom stereocenters. The summed E-state index contributed by atoms with van der Waals surface area (Å²) in [4.78, 5) is 4.18. The fourth-order valence-corrected chi connectivity index (χ4v) is 1.87. The summed E-state index contributed by atoms with van der Waals surface area (Å²) in [5, 5.41) is 9.60. The van der Waals surface area contributed by atoms with Crippen LogP contribution in [0.4, 0.5) is 13.2 Å². The molecule has 0 aliphatic rings. The van der Waals surface area contributed by atoms with Gasteiger partial charge in [-0.25, -0.2) is 4.98 Å². The first-order valence-corrected chi connectivity index (χ1v) is 6.34. The van der Waals surface area contributed by atoms with E-state index in [1.54, 1.807) is 6.92 Å².